The van der Waals surface area contributed by atoms with E-state index in [0.717, 1.165) is 44.0 Å². The van der Waals surface area contributed by atoms with Crippen molar-refractivity contribution in [1.82, 2.24) is 25.0 Å². The Balaban J connectivity index is 1.24. The van der Waals surface area contributed by atoms with E-state index >= 15 is 0 Å². The van der Waals surface area contributed by atoms with Gasteiger partial charge in [0.25, 0.3) is 5.91 Å². The summed E-state index contributed by atoms with van der Waals surface area (Å²) in [4.78, 5) is 16.7. The molecule has 2 aromatic heterocycles. The van der Waals surface area contributed by atoms with Gasteiger partial charge in [0, 0.05) is 44.0 Å². The molecule has 1 fully saturated rings. The molecule has 0 unspecified atom stereocenters. The molecule has 1 amide bonds. The highest BCUT2D eigenvalue weighted by Crippen LogP contribution is 2.34. The van der Waals surface area contributed by atoms with E-state index in [2.05, 4.69) is 38.8 Å². The fraction of sp³-hybridized carbons (Fsp3) is 0.409. The minimum absolute atomic E-state index is 0.143. The lowest BCUT2D eigenvalue weighted by Crippen LogP contribution is -2.32. The van der Waals surface area contributed by atoms with Gasteiger partial charge in [-0.05, 0) is 41.3 Å². The van der Waals surface area contributed by atoms with Crippen molar-refractivity contribution < 1.29 is 4.79 Å². The Hall–Kier alpha value is -2.51. The highest BCUT2D eigenvalue weighted by Gasteiger charge is 2.39. The van der Waals surface area contributed by atoms with Crippen LogP contribution in [0.2, 0.25) is 0 Å². The molecule has 2 atom stereocenters. The second-order valence-electron chi connectivity index (χ2n) is 8.16. The van der Waals surface area contributed by atoms with Crippen molar-refractivity contribution in [3.05, 3.63) is 69.4 Å². The monoisotopic (exact) mass is 407 g/mol. The zero-order valence-electron chi connectivity index (χ0n) is 16.5. The standard InChI is InChI=1S/C22H25N5OS/c1-15-7-8-29-19(15)14-26-11-17-9-20-24-25-21(27(20)13-18(17)12-26)22(28)23-10-16-5-3-2-4-6-16/h2-8,17-18H,9-14H2,1H3,(H,23,28)/t17-,18-/m1/s1. The van der Waals surface area contributed by atoms with Gasteiger partial charge in [0.05, 0.1) is 0 Å². The quantitative estimate of drug-likeness (QED) is 0.706. The van der Waals surface area contributed by atoms with Crippen LogP contribution in [0.25, 0.3) is 0 Å². The van der Waals surface area contributed by atoms with Crippen LogP contribution in [0.4, 0.5) is 0 Å². The number of hydrogen-bond donors (Lipinski definition) is 1. The van der Waals surface area contributed by atoms with Crippen LogP contribution < -0.4 is 5.32 Å². The first kappa shape index (κ1) is 18.5. The molecule has 1 aromatic carbocycles. The number of hydrogen-bond acceptors (Lipinski definition) is 5. The third-order valence-corrected chi connectivity index (χ3v) is 7.18. The lowest BCUT2D eigenvalue weighted by atomic mass is 9.89. The molecular formula is C22H25N5OS. The normalized spacial score (nSPS) is 21.0. The van der Waals surface area contributed by atoms with Crippen molar-refractivity contribution in [2.24, 2.45) is 11.8 Å². The summed E-state index contributed by atoms with van der Waals surface area (Å²) in [7, 11) is 0. The van der Waals surface area contributed by atoms with Gasteiger partial charge in [-0.1, -0.05) is 30.3 Å². The van der Waals surface area contributed by atoms with Gasteiger partial charge in [-0.15, -0.1) is 21.5 Å². The topological polar surface area (TPSA) is 63.1 Å². The maximum absolute atomic E-state index is 12.7. The molecule has 2 aliphatic heterocycles. The Morgan fingerprint density at radius 1 is 1.14 bits per heavy atom. The average Bonchev–Trinajstić information content (AvgIpc) is 3.43. The highest BCUT2D eigenvalue weighted by molar-refractivity contribution is 7.10. The van der Waals surface area contributed by atoms with Crippen LogP contribution >= 0.6 is 11.3 Å². The van der Waals surface area contributed by atoms with E-state index in [0.29, 0.717) is 24.2 Å². The molecule has 0 aliphatic carbocycles. The largest absolute Gasteiger partial charge is 0.345 e. The Bertz CT molecular complexity index is 1010. The maximum Gasteiger partial charge on any atom is 0.289 e. The van der Waals surface area contributed by atoms with Gasteiger partial charge in [0.1, 0.15) is 5.82 Å². The summed E-state index contributed by atoms with van der Waals surface area (Å²) in [5, 5.41) is 13.7. The minimum atomic E-state index is -0.143. The molecular weight excluding hydrogens is 382 g/mol. The first-order valence-corrected chi connectivity index (χ1v) is 11.0. The number of aromatic nitrogens is 3. The Morgan fingerprint density at radius 3 is 2.76 bits per heavy atom. The second-order valence-corrected chi connectivity index (χ2v) is 9.16. The number of benzene rings is 1. The smallest absolute Gasteiger partial charge is 0.289 e. The average molecular weight is 408 g/mol. The van der Waals surface area contributed by atoms with Crippen LogP contribution in [-0.2, 0) is 26.1 Å². The van der Waals surface area contributed by atoms with Crippen molar-refractivity contribution >= 4 is 17.2 Å². The predicted octanol–water partition coefficient (Wildman–Crippen LogP) is 2.88. The summed E-state index contributed by atoms with van der Waals surface area (Å²) in [5.74, 6) is 2.41. The van der Waals surface area contributed by atoms with Crippen LogP contribution in [0.5, 0.6) is 0 Å². The molecule has 150 valence electrons. The first-order chi connectivity index (χ1) is 14.2. The first-order valence-electron chi connectivity index (χ1n) is 10.2. The molecule has 1 saturated heterocycles. The fourth-order valence-electron chi connectivity index (χ4n) is 4.54. The van der Waals surface area contributed by atoms with Gasteiger partial charge in [-0.2, -0.15) is 0 Å². The van der Waals surface area contributed by atoms with Crippen LogP contribution in [0.1, 0.15) is 32.4 Å². The SMILES string of the molecule is Cc1ccsc1CN1C[C@H]2Cc3nnc(C(=O)NCc4ccccc4)n3C[C@H]2C1. The number of carbonyl (C=O) groups excluding carboxylic acids is 1. The van der Waals surface area contributed by atoms with E-state index in [1.54, 1.807) is 0 Å². The van der Waals surface area contributed by atoms with E-state index in [-0.39, 0.29) is 5.91 Å². The molecule has 0 radical (unpaired) electrons. The van der Waals surface area contributed by atoms with E-state index in [1.165, 1.54) is 10.4 Å². The maximum atomic E-state index is 12.7. The summed E-state index contributed by atoms with van der Waals surface area (Å²) in [6.45, 7) is 6.73. The molecule has 2 aliphatic rings. The molecule has 1 N–H and O–H groups in total. The zero-order valence-corrected chi connectivity index (χ0v) is 17.4. The van der Waals surface area contributed by atoms with Crippen molar-refractivity contribution in [3.8, 4) is 0 Å². The minimum Gasteiger partial charge on any atom is -0.345 e. The van der Waals surface area contributed by atoms with Crippen LogP contribution in [0, 0.1) is 18.8 Å². The van der Waals surface area contributed by atoms with Crippen LogP contribution in [-0.4, -0.2) is 38.7 Å². The summed E-state index contributed by atoms with van der Waals surface area (Å²) in [6, 6.07) is 12.1. The lowest BCUT2D eigenvalue weighted by Gasteiger charge is -2.25. The van der Waals surface area contributed by atoms with Gasteiger partial charge >= 0.3 is 0 Å². The number of carbonyl (C=O) groups is 1. The number of fused-ring (bicyclic) bond motifs is 2. The fourth-order valence-corrected chi connectivity index (χ4v) is 5.49. The Labute approximate surface area is 174 Å². The molecule has 3 aromatic rings. The number of nitrogens with zero attached hydrogens (tertiary/aromatic N) is 4. The van der Waals surface area contributed by atoms with E-state index < -0.39 is 0 Å². The van der Waals surface area contributed by atoms with Gasteiger partial charge in [-0.25, -0.2) is 0 Å². The second kappa shape index (κ2) is 7.72. The van der Waals surface area contributed by atoms with Crippen LogP contribution in [0.3, 0.4) is 0 Å². The van der Waals surface area contributed by atoms with Crippen molar-refractivity contribution in [1.29, 1.82) is 0 Å². The predicted molar refractivity (Wildman–Crippen MR) is 113 cm³/mol. The number of nitrogens with one attached hydrogen (secondary N) is 1. The van der Waals surface area contributed by atoms with Gasteiger partial charge in [0.2, 0.25) is 5.82 Å². The number of likely N-dealkylation sites (tertiary alicyclic amines) is 1. The van der Waals surface area contributed by atoms with Crippen molar-refractivity contribution in [2.75, 3.05) is 13.1 Å². The number of thiophene rings is 1. The molecule has 4 heterocycles. The lowest BCUT2D eigenvalue weighted by molar-refractivity contribution is 0.0932. The highest BCUT2D eigenvalue weighted by atomic mass is 32.1. The number of rotatable bonds is 5. The molecule has 0 bridgehead atoms. The van der Waals surface area contributed by atoms with Gasteiger partial charge in [-0.3, -0.25) is 9.69 Å². The van der Waals surface area contributed by atoms with Gasteiger partial charge < -0.3 is 9.88 Å². The summed E-state index contributed by atoms with van der Waals surface area (Å²) >= 11 is 1.85. The molecule has 6 nitrogen and oxygen atoms in total. The van der Waals surface area contributed by atoms with E-state index in [9.17, 15) is 4.79 Å². The van der Waals surface area contributed by atoms with Crippen LogP contribution in [0.15, 0.2) is 41.8 Å². The summed E-state index contributed by atoms with van der Waals surface area (Å²) in [5.41, 5.74) is 2.47. The third kappa shape index (κ3) is 3.72. The van der Waals surface area contributed by atoms with E-state index in [1.807, 2.05) is 46.2 Å². The molecule has 0 spiro atoms. The summed E-state index contributed by atoms with van der Waals surface area (Å²) in [6.07, 6.45) is 0.906. The Morgan fingerprint density at radius 2 is 1.97 bits per heavy atom. The number of aryl methyl sites for hydroxylation is 1. The molecule has 5 rings (SSSR count). The van der Waals surface area contributed by atoms with Crippen molar-refractivity contribution in [2.45, 2.75) is 33.0 Å². The third-order valence-electron chi connectivity index (χ3n) is 6.18. The zero-order chi connectivity index (χ0) is 19.8. The molecule has 0 saturated carbocycles. The molecule has 7 heteroatoms. The van der Waals surface area contributed by atoms with E-state index in [4.69, 9.17) is 0 Å². The van der Waals surface area contributed by atoms with Gasteiger partial charge in [0.15, 0.2) is 0 Å². The van der Waals surface area contributed by atoms with Crippen molar-refractivity contribution in [3.63, 3.8) is 0 Å². The summed E-state index contributed by atoms with van der Waals surface area (Å²) < 4.78 is 2.04. The molecule has 29 heavy (non-hydrogen) atoms. The number of amides is 1. The Kier molecular flexibility index (Phi) is 4.93.